The molecular formula is C31H44N2O7. The summed E-state index contributed by atoms with van der Waals surface area (Å²) in [4.78, 5) is 53.1. The maximum absolute atomic E-state index is 13.8. The number of carbonyl (C=O) groups excluding carboxylic acids is 4. The zero-order valence-corrected chi connectivity index (χ0v) is 24.0. The number of carbonyl (C=O) groups is 4. The molecule has 1 aliphatic carbocycles. The lowest BCUT2D eigenvalue weighted by atomic mass is 9.88. The van der Waals surface area contributed by atoms with Gasteiger partial charge in [0.05, 0.1) is 25.8 Å². The van der Waals surface area contributed by atoms with Crippen molar-refractivity contribution in [3.05, 3.63) is 29.8 Å². The molecule has 0 bridgehead atoms. The van der Waals surface area contributed by atoms with Crippen LogP contribution in [0.4, 0.5) is 0 Å². The first-order valence-electron chi connectivity index (χ1n) is 14.7. The molecule has 4 atom stereocenters. The van der Waals surface area contributed by atoms with E-state index in [-0.39, 0.29) is 35.7 Å². The first-order chi connectivity index (χ1) is 19.2. The molecule has 9 nitrogen and oxygen atoms in total. The Morgan fingerprint density at radius 3 is 2.27 bits per heavy atom. The predicted octanol–water partition coefficient (Wildman–Crippen LogP) is 3.17. The fraction of sp³-hybridized carbons (Fsp3) is 0.677. The van der Waals surface area contributed by atoms with Crippen LogP contribution in [0.5, 0.6) is 5.75 Å². The molecule has 220 valence electrons. The van der Waals surface area contributed by atoms with Gasteiger partial charge >= 0.3 is 0 Å². The van der Waals surface area contributed by atoms with Gasteiger partial charge in [0.15, 0.2) is 11.6 Å². The summed E-state index contributed by atoms with van der Waals surface area (Å²) in [5.74, 6) is -0.577. The summed E-state index contributed by atoms with van der Waals surface area (Å²) in [5.41, 5.74) is 0.0321. The number of epoxide rings is 1. The minimum absolute atomic E-state index is 0.0504. The van der Waals surface area contributed by atoms with Crippen LogP contribution in [0.2, 0.25) is 0 Å². The van der Waals surface area contributed by atoms with Crippen LogP contribution >= 0.6 is 0 Å². The molecule has 0 aromatic heterocycles. The summed E-state index contributed by atoms with van der Waals surface area (Å²) >= 11 is 0. The number of nitrogens with one attached hydrogen (secondary N) is 2. The van der Waals surface area contributed by atoms with Gasteiger partial charge in [-0.2, -0.15) is 0 Å². The molecule has 3 fully saturated rings. The lowest BCUT2D eigenvalue weighted by molar-refractivity contribution is -0.135. The number of Topliss-reactive ketones (excluding diaryl/α,β-unsaturated/α-hetero) is 2. The maximum atomic E-state index is 13.8. The van der Waals surface area contributed by atoms with Crippen LogP contribution < -0.4 is 15.4 Å². The maximum Gasteiger partial charge on any atom is 0.224 e. The average Bonchev–Trinajstić information content (AvgIpc) is 3.50. The van der Waals surface area contributed by atoms with Gasteiger partial charge in [-0.1, -0.05) is 37.8 Å². The number of methoxy groups -OCH3 is 1. The lowest BCUT2D eigenvalue weighted by Gasteiger charge is -2.26. The third-order valence-corrected chi connectivity index (χ3v) is 8.67. The second kappa shape index (κ2) is 13.7. The van der Waals surface area contributed by atoms with Crippen molar-refractivity contribution in [2.75, 3.05) is 26.9 Å². The quantitative estimate of drug-likeness (QED) is 0.338. The topological polar surface area (TPSA) is 123 Å². The lowest BCUT2D eigenvalue weighted by Crippen LogP contribution is -2.50. The molecule has 2 heterocycles. The second-order valence-corrected chi connectivity index (χ2v) is 11.9. The highest BCUT2D eigenvalue weighted by atomic mass is 16.6. The molecule has 4 rings (SSSR count). The Morgan fingerprint density at radius 1 is 1.02 bits per heavy atom. The van der Waals surface area contributed by atoms with Gasteiger partial charge in [-0.25, -0.2) is 0 Å². The fourth-order valence-electron chi connectivity index (χ4n) is 5.81. The third kappa shape index (κ3) is 8.13. The molecular weight excluding hydrogens is 512 g/mol. The Labute approximate surface area is 237 Å². The SMILES string of the molecule is COc1ccc(CC(CC(=O)C(C)NC(=O)C2CCOCC2)C(=O)NC(CC2CCCC2)C(=O)C2(C)CO2)cc1. The van der Waals surface area contributed by atoms with Gasteiger partial charge < -0.3 is 24.8 Å². The van der Waals surface area contributed by atoms with Crippen LogP contribution in [0.15, 0.2) is 24.3 Å². The van der Waals surface area contributed by atoms with Gasteiger partial charge in [-0.05, 0) is 63.1 Å². The number of benzene rings is 1. The number of hydrogen-bond donors (Lipinski definition) is 2. The van der Waals surface area contributed by atoms with E-state index in [1.54, 1.807) is 21.0 Å². The number of rotatable bonds is 14. The highest BCUT2D eigenvalue weighted by Crippen LogP contribution is 2.34. The Bertz CT molecular complexity index is 1040. The van der Waals surface area contributed by atoms with Gasteiger partial charge in [0.1, 0.15) is 11.4 Å². The van der Waals surface area contributed by atoms with Gasteiger partial charge in [0.2, 0.25) is 11.8 Å². The highest BCUT2D eigenvalue weighted by Gasteiger charge is 2.50. The minimum Gasteiger partial charge on any atom is -0.497 e. The second-order valence-electron chi connectivity index (χ2n) is 11.9. The predicted molar refractivity (Wildman–Crippen MR) is 149 cm³/mol. The van der Waals surface area contributed by atoms with E-state index < -0.39 is 23.6 Å². The molecule has 1 aromatic carbocycles. The van der Waals surface area contributed by atoms with Gasteiger partial charge in [0.25, 0.3) is 0 Å². The summed E-state index contributed by atoms with van der Waals surface area (Å²) in [5, 5.41) is 5.87. The average molecular weight is 557 g/mol. The van der Waals surface area contributed by atoms with Crippen LogP contribution in [0.1, 0.15) is 70.8 Å². The Hall–Kier alpha value is -2.78. The molecule has 2 aliphatic heterocycles. The fourth-order valence-corrected chi connectivity index (χ4v) is 5.81. The molecule has 1 aromatic rings. The molecule has 1 saturated carbocycles. The van der Waals surface area contributed by atoms with Crippen LogP contribution in [0.3, 0.4) is 0 Å². The van der Waals surface area contributed by atoms with Crippen molar-refractivity contribution in [3.63, 3.8) is 0 Å². The molecule has 2 N–H and O–H groups in total. The van der Waals surface area contributed by atoms with E-state index in [0.717, 1.165) is 31.2 Å². The summed E-state index contributed by atoms with van der Waals surface area (Å²) in [6.45, 7) is 4.87. The van der Waals surface area contributed by atoms with Crippen LogP contribution in [-0.4, -0.2) is 68.0 Å². The molecule has 3 aliphatic rings. The largest absolute Gasteiger partial charge is 0.497 e. The van der Waals surface area contributed by atoms with Crippen LogP contribution in [0, 0.1) is 17.8 Å². The normalized spacial score (nSPS) is 23.6. The van der Waals surface area contributed by atoms with Crippen molar-refractivity contribution in [1.82, 2.24) is 10.6 Å². The molecule has 2 saturated heterocycles. The summed E-state index contributed by atoms with van der Waals surface area (Å²) in [6, 6.07) is 6.01. The van der Waals surface area contributed by atoms with E-state index in [9.17, 15) is 19.2 Å². The molecule has 4 unspecified atom stereocenters. The van der Waals surface area contributed by atoms with Gasteiger partial charge in [0, 0.05) is 31.5 Å². The first-order valence-corrected chi connectivity index (χ1v) is 14.7. The molecule has 0 radical (unpaired) electrons. The Morgan fingerprint density at radius 2 is 1.68 bits per heavy atom. The summed E-state index contributed by atoms with van der Waals surface area (Å²) in [6.07, 6.45) is 6.50. The Kier molecular flexibility index (Phi) is 10.4. The van der Waals surface area contributed by atoms with Crippen molar-refractivity contribution < 1.29 is 33.4 Å². The Balaban J connectivity index is 1.46. The molecule has 2 amide bonds. The minimum atomic E-state index is -0.846. The van der Waals surface area contributed by atoms with E-state index in [1.807, 2.05) is 24.3 Å². The number of ketones is 2. The van der Waals surface area contributed by atoms with Crippen LogP contribution in [0.25, 0.3) is 0 Å². The van der Waals surface area contributed by atoms with Crippen molar-refractivity contribution >= 4 is 23.4 Å². The van der Waals surface area contributed by atoms with Crippen molar-refractivity contribution in [3.8, 4) is 5.75 Å². The zero-order valence-electron chi connectivity index (χ0n) is 24.0. The van der Waals surface area contributed by atoms with Gasteiger partial charge in [-0.15, -0.1) is 0 Å². The van der Waals surface area contributed by atoms with E-state index >= 15 is 0 Å². The van der Waals surface area contributed by atoms with E-state index in [2.05, 4.69) is 10.6 Å². The first kappa shape index (κ1) is 30.2. The molecule has 40 heavy (non-hydrogen) atoms. The standard InChI is InChI=1S/C31H44N2O7/c1-20(32-29(36)23-12-14-39-15-13-23)27(34)18-24(16-22-8-10-25(38-3)11-9-22)30(37)33-26(17-21-6-4-5-7-21)28(35)31(2)19-40-31/h8-11,20-21,23-24,26H,4-7,12-19H2,1-3H3,(H,32,36)(H,33,37). The number of amides is 2. The third-order valence-electron chi connectivity index (χ3n) is 8.67. The van der Waals surface area contributed by atoms with Gasteiger partial charge in [-0.3, -0.25) is 19.2 Å². The van der Waals surface area contributed by atoms with E-state index in [4.69, 9.17) is 14.2 Å². The van der Waals surface area contributed by atoms with E-state index in [0.29, 0.717) is 57.2 Å². The summed E-state index contributed by atoms with van der Waals surface area (Å²) in [7, 11) is 1.59. The number of ether oxygens (including phenoxy) is 3. The van der Waals surface area contributed by atoms with Crippen LogP contribution in [-0.2, 0) is 35.1 Å². The number of hydrogen-bond acceptors (Lipinski definition) is 7. The summed E-state index contributed by atoms with van der Waals surface area (Å²) < 4.78 is 16.0. The molecule has 0 spiro atoms. The van der Waals surface area contributed by atoms with E-state index in [1.165, 1.54) is 0 Å². The smallest absolute Gasteiger partial charge is 0.224 e. The molecule has 9 heteroatoms. The van der Waals surface area contributed by atoms with Crippen molar-refractivity contribution in [2.45, 2.75) is 89.3 Å². The highest BCUT2D eigenvalue weighted by molar-refractivity contribution is 5.98. The van der Waals surface area contributed by atoms with Crippen molar-refractivity contribution in [2.24, 2.45) is 17.8 Å². The monoisotopic (exact) mass is 556 g/mol. The van der Waals surface area contributed by atoms with Crippen molar-refractivity contribution in [1.29, 1.82) is 0 Å². The zero-order chi connectivity index (χ0) is 28.7.